The first kappa shape index (κ1) is 28.5. The van der Waals surface area contributed by atoms with Crippen LogP contribution in [0.2, 0.25) is 10.0 Å². The van der Waals surface area contributed by atoms with Crippen LogP contribution in [0, 0.1) is 0 Å². The number of hydrogen-bond acceptors (Lipinski definition) is 7. The van der Waals surface area contributed by atoms with Crippen LogP contribution in [-0.2, 0) is 16.1 Å². The van der Waals surface area contributed by atoms with Crippen molar-refractivity contribution in [3.8, 4) is 0 Å². The third-order valence-corrected chi connectivity index (χ3v) is 6.54. The van der Waals surface area contributed by atoms with Gasteiger partial charge < -0.3 is 19.9 Å². The van der Waals surface area contributed by atoms with Crippen molar-refractivity contribution in [1.29, 1.82) is 0 Å². The van der Waals surface area contributed by atoms with Gasteiger partial charge in [0.2, 0.25) is 5.91 Å². The maximum Gasteiger partial charge on any atom is 0.338 e. The Morgan fingerprint density at radius 3 is 2.51 bits per heavy atom. The number of nitrogens with one attached hydrogen (secondary N) is 2. The van der Waals surface area contributed by atoms with Crippen molar-refractivity contribution < 1.29 is 19.1 Å². The van der Waals surface area contributed by atoms with E-state index in [1.54, 1.807) is 57.2 Å². The molecule has 196 valence electrons. The molecule has 0 unspecified atom stereocenters. The van der Waals surface area contributed by atoms with Crippen molar-refractivity contribution in [3.63, 3.8) is 0 Å². The van der Waals surface area contributed by atoms with Crippen molar-refractivity contribution >= 4 is 58.4 Å². The zero-order valence-corrected chi connectivity index (χ0v) is 23.1. The summed E-state index contributed by atoms with van der Waals surface area (Å²) in [5.41, 5.74) is 1.14. The lowest BCUT2D eigenvalue weighted by Gasteiger charge is -2.15. The number of aromatic nitrogens is 3. The summed E-state index contributed by atoms with van der Waals surface area (Å²) in [7, 11) is 0. The van der Waals surface area contributed by atoms with Crippen molar-refractivity contribution in [2.45, 2.75) is 51.5 Å². The second kappa shape index (κ2) is 12.9. The van der Waals surface area contributed by atoms with Gasteiger partial charge in [0, 0.05) is 17.3 Å². The van der Waals surface area contributed by atoms with Crippen LogP contribution < -0.4 is 10.6 Å². The number of ether oxygens (including phenoxy) is 1. The largest absolute Gasteiger partial charge is 0.459 e. The molecule has 0 saturated carbocycles. The first-order valence-corrected chi connectivity index (χ1v) is 13.3. The molecule has 1 aromatic heterocycles. The van der Waals surface area contributed by atoms with Gasteiger partial charge in [0.05, 0.1) is 34.0 Å². The molecular formula is C25H27Cl2N5O4S. The lowest BCUT2D eigenvalue weighted by Crippen LogP contribution is -2.29. The Labute approximate surface area is 229 Å². The van der Waals surface area contributed by atoms with Gasteiger partial charge in [0.1, 0.15) is 0 Å². The first-order chi connectivity index (χ1) is 17.6. The highest BCUT2D eigenvalue weighted by Crippen LogP contribution is 2.24. The van der Waals surface area contributed by atoms with E-state index < -0.39 is 12.0 Å². The summed E-state index contributed by atoms with van der Waals surface area (Å²) in [5, 5.41) is 15.3. The van der Waals surface area contributed by atoms with Crippen LogP contribution in [0.1, 0.15) is 60.3 Å². The minimum atomic E-state index is -0.469. The summed E-state index contributed by atoms with van der Waals surface area (Å²) in [6.45, 7) is 7.78. The van der Waals surface area contributed by atoms with Crippen LogP contribution in [0.15, 0.2) is 47.6 Å². The predicted octanol–water partition coefficient (Wildman–Crippen LogP) is 5.39. The molecule has 3 rings (SSSR count). The average molecular weight is 564 g/mol. The highest BCUT2D eigenvalue weighted by atomic mass is 35.5. The molecule has 0 saturated heterocycles. The normalized spacial score (nSPS) is 11.8. The van der Waals surface area contributed by atoms with Crippen LogP contribution in [0.4, 0.5) is 5.69 Å². The summed E-state index contributed by atoms with van der Waals surface area (Å²) < 4.78 is 7.02. The number of halogens is 2. The molecule has 0 aliphatic heterocycles. The minimum Gasteiger partial charge on any atom is -0.459 e. The molecule has 0 aliphatic carbocycles. The Hall–Kier alpha value is -3.08. The number of anilines is 1. The summed E-state index contributed by atoms with van der Waals surface area (Å²) in [4.78, 5) is 37.4. The highest BCUT2D eigenvalue weighted by molar-refractivity contribution is 7.99. The zero-order valence-electron chi connectivity index (χ0n) is 20.7. The van der Waals surface area contributed by atoms with Gasteiger partial charge in [-0.25, -0.2) is 4.79 Å². The maximum atomic E-state index is 12.7. The highest BCUT2D eigenvalue weighted by Gasteiger charge is 2.21. The second-order valence-electron chi connectivity index (χ2n) is 8.28. The van der Waals surface area contributed by atoms with Gasteiger partial charge in [0.25, 0.3) is 5.91 Å². The maximum absolute atomic E-state index is 12.7. The van der Waals surface area contributed by atoms with Gasteiger partial charge >= 0.3 is 5.97 Å². The fourth-order valence-electron chi connectivity index (χ4n) is 3.37. The summed E-state index contributed by atoms with van der Waals surface area (Å²) in [6, 6.07) is 10.7. The monoisotopic (exact) mass is 563 g/mol. The van der Waals surface area contributed by atoms with Gasteiger partial charge in [0.15, 0.2) is 11.0 Å². The van der Waals surface area contributed by atoms with Crippen LogP contribution >= 0.6 is 35.0 Å². The van der Waals surface area contributed by atoms with Gasteiger partial charge in [-0.1, -0.05) is 41.0 Å². The third-order valence-electron chi connectivity index (χ3n) is 5.03. The number of esters is 1. The molecule has 12 heteroatoms. The summed E-state index contributed by atoms with van der Waals surface area (Å²) >= 11 is 13.3. The van der Waals surface area contributed by atoms with Gasteiger partial charge in [-0.15, -0.1) is 10.2 Å². The van der Waals surface area contributed by atoms with Crippen molar-refractivity contribution in [1.82, 2.24) is 20.1 Å². The molecule has 0 aliphatic rings. The molecule has 2 N–H and O–H groups in total. The lowest BCUT2D eigenvalue weighted by molar-refractivity contribution is -0.113. The molecule has 2 aromatic carbocycles. The molecule has 0 fully saturated rings. The van der Waals surface area contributed by atoms with E-state index in [4.69, 9.17) is 27.9 Å². The molecule has 3 aromatic rings. The molecule has 0 bridgehead atoms. The Morgan fingerprint density at radius 2 is 1.84 bits per heavy atom. The van der Waals surface area contributed by atoms with Crippen LogP contribution in [0.3, 0.4) is 0 Å². The lowest BCUT2D eigenvalue weighted by atomic mass is 10.2. The second-order valence-corrected chi connectivity index (χ2v) is 10.1. The van der Waals surface area contributed by atoms with Gasteiger partial charge in [-0.05, 0) is 64.1 Å². The van der Waals surface area contributed by atoms with Gasteiger partial charge in [-0.3, -0.25) is 9.59 Å². The zero-order chi connectivity index (χ0) is 27.1. The number of thioether (sulfide) groups is 1. The molecule has 0 radical (unpaired) electrons. The molecule has 0 spiro atoms. The smallest absolute Gasteiger partial charge is 0.338 e. The molecule has 2 amide bonds. The van der Waals surface area contributed by atoms with E-state index in [9.17, 15) is 14.4 Å². The Balaban J connectivity index is 1.62. The number of carbonyl (C=O) groups excluding carboxylic acids is 3. The van der Waals surface area contributed by atoms with Crippen LogP contribution in [-0.4, -0.2) is 44.4 Å². The van der Waals surface area contributed by atoms with Gasteiger partial charge in [-0.2, -0.15) is 0 Å². The Kier molecular flexibility index (Phi) is 9.96. The minimum absolute atomic E-state index is 0.0694. The molecule has 37 heavy (non-hydrogen) atoms. The van der Waals surface area contributed by atoms with E-state index in [1.165, 1.54) is 17.8 Å². The van der Waals surface area contributed by atoms with Crippen LogP contribution in [0.25, 0.3) is 0 Å². The average Bonchev–Trinajstić information content (AvgIpc) is 3.25. The number of benzene rings is 2. The molecule has 1 heterocycles. The predicted molar refractivity (Wildman–Crippen MR) is 144 cm³/mol. The van der Waals surface area contributed by atoms with Crippen molar-refractivity contribution in [2.24, 2.45) is 0 Å². The Bertz CT molecular complexity index is 1300. The van der Waals surface area contributed by atoms with E-state index in [0.29, 0.717) is 39.4 Å². The molecular weight excluding hydrogens is 537 g/mol. The van der Waals surface area contributed by atoms with E-state index in [0.717, 1.165) is 0 Å². The standard InChI is InChI=1S/C25H27Cl2N5O4S/c1-5-32-22(15(4)28-23(34)19-10-9-17(26)12-20(19)27)30-31-25(32)37-13-21(33)29-18-8-6-7-16(11-18)24(35)36-14(2)3/h6-12,14-15H,5,13H2,1-4H3,(H,28,34)(H,29,33)/t15-/m1/s1. The Morgan fingerprint density at radius 1 is 1.08 bits per heavy atom. The quantitative estimate of drug-likeness (QED) is 0.251. The topological polar surface area (TPSA) is 115 Å². The van der Waals surface area contributed by atoms with Crippen molar-refractivity contribution in [3.05, 3.63) is 69.5 Å². The third kappa shape index (κ3) is 7.70. The van der Waals surface area contributed by atoms with E-state index in [1.807, 2.05) is 11.5 Å². The molecule has 9 nitrogen and oxygen atoms in total. The van der Waals surface area contributed by atoms with E-state index >= 15 is 0 Å². The van der Waals surface area contributed by atoms with Crippen LogP contribution in [0.5, 0.6) is 0 Å². The summed E-state index contributed by atoms with van der Waals surface area (Å²) in [5.74, 6) is -0.484. The fourth-order valence-corrected chi connectivity index (χ4v) is 4.67. The number of hydrogen-bond donors (Lipinski definition) is 2. The van der Waals surface area contributed by atoms with E-state index in [-0.39, 0.29) is 28.7 Å². The number of rotatable bonds is 10. The first-order valence-electron chi connectivity index (χ1n) is 11.5. The fraction of sp³-hybridized carbons (Fsp3) is 0.320. The van der Waals surface area contributed by atoms with Crippen molar-refractivity contribution in [2.75, 3.05) is 11.1 Å². The van der Waals surface area contributed by atoms with E-state index in [2.05, 4.69) is 20.8 Å². The molecule has 1 atom stereocenters. The SMILES string of the molecule is CCn1c(SCC(=O)Nc2cccc(C(=O)OC(C)C)c2)nnc1[C@@H](C)NC(=O)c1ccc(Cl)cc1Cl. The number of carbonyl (C=O) groups is 3. The number of amides is 2. The summed E-state index contributed by atoms with van der Waals surface area (Å²) in [6.07, 6.45) is -0.241. The number of nitrogens with zero attached hydrogens (tertiary/aromatic N) is 3.